The number of carbonyl (C=O) groups is 1. The van der Waals surface area contributed by atoms with Crippen LogP contribution in [0, 0.1) is 17.7 Å². The van der Waals surface area contributed by atoms with Crippen LogP contribution in [-0.4, -0.2) is 6.29 Å². The van der Waals surface area contributed by atoms with Gasteiger partial charge in [0, 0.05) is 5.92 Å². The Bertz CT molecular complexity index is 307. The van der Waals surface area contributed by atoms with Gasteiger partial charge in [-0.05, 0) is 30.0 Å². The predicted molar refractivity (Wildman–Crippen MR) is 54.5 cm³/mol. The Labute approximate surface area is 83.9 Å². The van der Waals surface area contributed by atoms with Crippen molar-refractivity contribution in [3.05, 3.63) is 35.6 Å². The molecule has 0 bridgehead atoms. The molecule has 0 aliphatic carbocycles. The van der Waals surface area contributed by atoms with Crippen molar-refractivity contribution in [3.63, 3.8) is 0 Å². The highest BCUT2D eigenvalue weighted by Crippen LogP contribution is 2.15. The fourth-order valence-corrected chi connectivity index (χ4v) is 1.38. The Morgan fingerprint density at radius 1 is 1.43 bits per heavy atom. The molecule has 0 aliphatic rings. The Balaban J connectivity index is 2.72. The van der Waals surface area contributed by atoms with Gasteiger partial charge in [0.1, 0.15) is 12.1 Å². The maximum Gasteiger partial charge on any atom is 0.123 e. The summed E-state index contributed by atoms with van der Waals surface area (Å²) >= 11 is 0. The molecule has 0 heterocycles. The minimum atomic E-state index is -0.240. The zero-order valence-corrected chi connectivity index (χ0v) is 8.53. The summed E-state index contributed by atoms with van der Waals surface area (Å²) < 4.78 is 12.8. The minimum absolute atomic E-state index is 0.0169. The highest BCUT2D eigenvalue weighted by atomic mass is 19.1. The van der Waals surface area contributed by atoms with E-state index in [1.807, 2.05) is 19.9 Å². The van der Waals surface area contributed by atoms with Crippen molar-refractivity contribution in [2.45, 2.75) is 20.3 Å². The van der Waals surface area contributed by atoms with Gasteiger partial charge < -0.3 is 4.79 Å². The van der Waals surface area contributed by atoms with E-state index in [0.717, 1.165) is 11.8 Å². The lowest BCUT2D eigenvalue weighted by Crippen LogP contribution is -2.13. The van der Waals surface area contributed by atoms with E-state index in [9.17, 15) is 9.18 Å². The van der Waals surface area contributed by atoms with Crippen LogP contribution in [0.5, 0.6) is 0 Å². The van der Waals surface area contributed by atoms with Crippen LogP contribution in [0.2, 0.25) is 0 Å². The van der Waals surface area contributed by atoms with Gasteiger partial charge in [-0.3, -0.25) is 0 Å². The fraction of sp³-hybridized carbons (Fsp3) is 0.417. The first-order chi connectivity index (χ1) is 6.63. The average Bonchev–Trinajstić information content (AvgIpc) is 2.14. The second kappa shape index (κ2) is 4.89. The summed E-state index contributed by atoms with van der Waals surface area (Å²) in [6, 6.07) is 6.42. The molecule has 1 rings (SSSR count). The third-order valence-electron chi connectivity index (χ3n) is 2.39. The van der Waals surface area contributed by atoms with Gasteiger partial charge in [-0.2, -0.15) is 0 Å². The van der Waals surface area contributed by atoms with Crippen molar-refractivity contribution < 1.29 is 9.18 Å². The zero-order valence-electron chi connectivity index (χ0n) is 8.53. The highest BCUT2D eigenvalue weighted by molar-refractivity contribution is 5.54. The van der Waals surface area contributed by atoms with Crippen LogP contribution in [0.1, 0.15) is 19.4 Å². The molecule has 0 aliphatic heterocycles. The lowest BCUT2D eigenvalue weighted by atomic mass is 9.90. The topological polar surface area (TPSA) is 17.1 Å². The summed E-state index contributed by atoms with van der Waals surface area (Å²) in [4.78, 5) is 10.7. The first kappa shape index (κ1) is 10.9. The van der Waals surface area contributed by atoms with Crippen molar-refractivity contribution in [3.8, 4) is 0 Å². The Kier molecular flexibility index (Phi) is 3.81. The lowest BCUT2D eigenvalue weighted by Gasteiger charge is -2.13. The van der Waals surface area contributed by atoms with E-state index >= 15 is 0 Å². The van der Waals surface area contributed by atoms with Crippen molar-refractivity contribution in [1.82, 2.24) is 0 Å². The number of carbonyl (C=O) groups excluding carboxylic acids is 1. The van der Waals surface area contributed by atoms with Crippen molar-refractivity contribution in [2.75, 3.05) is 0 Å². The smallest absolute Gasteiger partial charge is 0.123 e. The highest BCUT2D eigenvalue weighted by Gasteiger charge is 2.12. The Morgan fingerprint density at radius 2 is 2.14 bits per heavy atom. The van der Waals surface area contributed by atoms with Crippen LogP contribution in [0.3, 0.4) is 0 Å². The second-order valence-electron chi connectivity index (χ2n) is 3.88. The molecule has 1 nitrogen and oxygen atoms in total. The molecule has 1 atom stereocenters. The maximum atomic E-state index is 12.8. The summed E-state index contributed by atoms with van der Waals surface area (Å²) in [5.41, 5.74) is 0.885. The summed E-state index contributed by atoms with van der Waals surface area (Å²) in [7, 11) is 0. The molecule has 0 aromatic heterocycles. The summed E-state index contributed by atoms with van der Waals surface area (Å²) in [5, 5.41) is 0. The number of hydrogen-bond donors (Lipinski definition) is 0. The van der Waals surface area contributed by atoms with E-state index in [1.54, 1.807) is 6.07 Å². The molecular weight excluding hydrogens is 179 g/mol. The molecule has 1 aromatic carbocycles. The number of rotatable bonds is 4. The standard InChI is InChI=1S/C12H15FO/c1-9(2)11(8-14)6-10-4-3-5-12(13)7-10/h3-5,7-9,11H,6H2,1-2H3. The predicted octanol–water partition coefficient (Wildman–Crippen LogP) is 2.84. The largest absolute Gasteiger partial charge is 0.303 e. The van der Waals surface area contributed by atoms with E-state index in [4.69, 9.17) is 0 Å². The Hall–Kier alpha value is -1.18. The fourth-order valence-electron chi connectivity index (χ4n) is 1.38. The third kappa shape index (κ3) is 2.95. The van der Waals surface area contributed by atoms with Crippen molar-refractivity contribution in [2.24, 2.45) is 11.8 Å². The summed E-state index contributed by atoms with van der Waals surface area (Å²) in [6.45, 7) is 4.00. The quantitative estimate of drug-likeness (QED) is 0.673. The van der Waals surface area contributed by atoms with Crippen LogP contribution in [-0.2, 0) is 11.2 Å². The molecule has 0 radical (unpaired) electrons. The van der Waals surface area contributed by atoms with E-state index in [0.29, 0.717) is 12.3 Å². The molecule has 0 saturated heterocycles. The van der Waals surface area contributed by atoms with Crippen molar-refractivity contribution >= 4 is 6.29 Å². The van der Waals surface area contributed by atoms with Crippen LogP contribution in [0.25, 0.3) is 0 Å². The number of hydrogen-bond acceptors (Lipinski definition) is 1. The first-order valence-electron chi connectivity index (χ1n) is 4.83. The molecule has 1 aromatic rings. The molecule has 76 valence electrons. The molecule has 0 saturated carbocycles. The van der Waals surface area contributed by atoms with Crippen LogP contribution >= 0.6 is 0 Å². The second-order valence-corrected chi connectivity index (χ2v) is 3.88. The van der Waals surface area contributed by atoms with Gasteiger partial charge in [0.2, 0.25) is 0 Å². The summed E-state index contributed by atoms with van der Waals surface area (Å²) in [6.07, 6.45) is 1.58. The van der Waals surface area contributed by atoms with Gasteiger partial charge in [0.15, 0.2) is 0 Å². The van der Waals surface area contributed by atoms with E-state index in [2.05, 4.69) is 0 Å². The van der Waals surface area contributed by atoms with Crippen LogP contribution in [0.15, 0.2) is 24.3 Å². The van der Waals surface area contributed by atoms with Gasteiger partial charge in [-0.1, -0.05) is 26.0 Å². The molecular formula is C12H15FO. The van der Waals surface area contributed by atoms with Gasteiger partial charge in [0.05, 0.1) is 0 Å². The van der Waals surface area contributed by atoms with Crippen molar-refractivity contribution in [1.29, 1.82) is 0 Å². The third-order valence-corrected chi connectivity index (χ3v) is 2.39. The first-order valence-corrected chi connectivity index (χ1v) is 4.83. The molecule has 1 unspecified atom stereocenters. The Morgan fingerprint density at radius 3 is 2.64 bits per heavy atom. The number of benzene rings is 1. The van der Waals surface area contributed by atoms with Gasteiger partial charge in [0.25, 0.3) is 0 Å². The van der Waals surface area contributed by atoms with E-state index in [-0.39, 0.29) is 11.7 Å². The minimum Gasteiger partial charge on any atom is -0.303 e. The van der Waals surface area contributed by atoms with Crippen LogP contribution in [0.4, 0.5) is 4.39 Å². The lowest BCUT2D eigenvalue weighted by molar-refractivity contribution is -0.112. The summed E-state index contributed by atoms with van der Waals surface area (Å²) in [5.74, 6) is 0.0449. The van der Waals surface area contributed by atoms with E-state index in [1.165, 1.54) is 12.1 Å². The molecule has 0 amide bonds. The van der Waals surface area contributed by atoms with Crippen LogP contribution < -0.4 is 0 Å². The number of aldehydes is 1. The molecule has 14 heavy (non-hydrogen) atoms. The maximum absolute atomic E-state index is 12.8. The normalized spacial score (nSPS) is 12.9. The number of halogens is 1. The SMILES string of the molecule is CC(C)C(C=O)Cc1cccc(F)c1. The van der Waals surface area contributed by atoms with Gasteiger partial charge >= 0.3 is 0 Å². The zero-order chi connectivity index (χ0) is 10.6. The van der Waals surface area contributed by atoms with Gasteiger partial charge in [-0.15, -0.1) is 0 Å². The monoisotopic (exact) mass is 194 g/mol. The molecule has 0 spiro atoms. The molecule has 2 heteroatoms. The van der Waals surface area contributed by atoms with E-state index < -0.39 is 0 Å². The molecule has 0 fully saturated rings. The molecule has 0 N–H and O–H groups in total. The average molecular weight is 194 g/mol. The van der Waals surface area contributed by atoms with Gasteiger partial charge in [-0.25, -0.2) is 4.39 Å².